The summed E-state index contributed by atoms with van der Waals surface area (Å²) < 4.78 is 26.4. The second kappa shape index (κ2) is 6.02. The lowest BCUT2D eigenvalue weighted by Gasteiger charge is -2.23. The van der Waals surface area contributed by atoms with Crippen LogP contribution in [0.3, 0.4) is 0 Å². The fraction of sp³-hybridized carbons (Fsp3) is 0.385. The average molecular weight is 329 g/mol. The highest BCUT2D eigenvalue weighted by Crippen LogP contribution is 2.31. The van der Waals surface area contributed by atoms with Crippen molar-refractivity contribution in [1.82, 2.24) is 4.31 Å². The number of hydrogen-bond donors (Lipinski definition) is 1. The van der Waals surface area contributed by atoms with E-state index in [0.717, 1.165) is 0 Å². The Hall–Kier alpha value is -1.62. The van der Waals surface area contributed by atoms with E-state index < -0.39 is 22.0 Å². The minimum Gasteiger partial charge on any atom is -0.481 e. The van der Waals surface area contributed by atoms with Crippen LogP contribution in [0, 0.1) is 11.3 Å². The van der Waals surface area contributed by atoms with Crippen LogP contribution < -0.4 is 0 Å². The first-order chi connectivity index (χ1) is 9.86. The van der Waals surface area contributed by atoms with Gasteiger partial charge in [-0.1, -0.05) is 11.6 Å². The number of sulfonamides is 1. The van der Waals surface area contributed by atoms with Gasteiger partial charge in [-0.15, -0.1) is 0 Å². The van der Waals surface area contributed by atoms with Gasteiger partial charge in [0.2, 0.25) is 10.0 Å². The highest BCUT2D eigenvalue weighted by atomic mass is 35.5. The molecule has 6 nitrogen and oxygen atoms in total. The quantitative estimate of drug-likeness (QED) is 0.909. The second-order valence-corrected chi connectivity index (χ2v) is 7.03. The number of benzene rings is 1. The number of carboxylic acids is 1. The topological polar surface area (TPSA) is 98.5 Å². The van der Waals surface area contributed by atoms with Crippen molar-refractivity contribution < 1.29 is 18.3 Å². The van der Waals surface area contributed by atoms with Crippen molar-refractivity contribution >= 4 is 27.6 Å². The zero-order valence-electron chi connectivity index (χ0n) is 11.0. The van der Waals surface area contributed by atoms with Gasteiger partial charge in [0.25, 0.3) is 0 Å². The van der Waals surface area contributed by atoms with E-state index in [2.05, 4.69) is 0 Å². The molecule has 2 rings (SSSR count). The van der Waals surface area contributed by atoms with Crippen LogP contribution in [0.5, 0.6) is 0 Å². The van der Waals surface area contributed by atoms with Gasteiger partial charge < -0.3 is 5.11 Å². The fourth-order valence-corrected chi connectivity index (χ4v) is 4.65. The predicted octanol–water partition coefficient (Wildman–Crippen LogP) is 1.84. The zero-order chi connectivity index (χ0) is 15.6. The molecule has 8 heteroatoms. The summed E-state index contributed by atoms with van der Waals surface area (Å²) in [7, 11) is -3.86. The van der Waals surface area contributed by atoms with E-state index in [0.29, 0.717) is 12.8 Å². The van der Waals surface area contributed by atoms with Crippen LogP contribution in [0.4, 0.5) is 0 Å². The molecule has 0 spiro atoms. The highest BCUT2D eigenvalue weighted by Gasteiger charge is 2.37. The Bertz CT molecular complexity index is 711. The molecule has 1 N–H and O–H groups in total. The third-order valence-electron chi connectivity index (χ3n) is 3.38. The maximum Gasteiger partial charge on any atom is 0.304 e. The Balaban J connectivity index is 2.38. The number of carbonyl (C=O) groups is 1. The van der Waals surface area contributed by atoms with E-state index in [4.69, 9.17) is 22.0 Å². The molecule has 1 fully saturated rings. The van der Waals surface area contributed by atoms with Gasteiger partial charge in [-0.2, -0.15) is 9.57 Å². The van der Waals surface area contributed by atoms with Gasteiger partial charge in [0.1, 0.15) is 4.90 Å². The summed E-state index contributed by atoms with van der Waals surface area (Å²) in [5, 5.41) is 17.6. The number of nitriles is 1. The predicted molar refractivity (Wildman–Crippen MR) is 75.3 cm³/mol. The molecule has 0 amide bonds. The molecule has 21 heavy (non-hydrogen) atoms. The number of nitrogens with zero attached hydrogens (tertiary/aromatic N) is 2. The molecule has 1 aliphatic heterocycles. The van der Waals surface area contributed by atoms with Crippen LogP contribution in [-0.4, -0.2) is 36.4 Å². The summed E-state index contributed by atoms with van der Waals surface area (Å²) in [6, 6.07) is 5.27. The van der Waals surface area contributed by atoms with Gasteiger partial charge in [-0.3, -0.25) is 4.79 Å². The van der Waals surface area contributed by atoms with Gasteiger partial charge in [-0.05, 0) is 31.0 Å². The molecule has 1 aliphatic rings. The highest BCUT2D eigenvalue weighted by molar-refractivity contribution is 7.89. The lowest BCUT2D eigenvalue weighted by molar-refractivity contribution is -0.137. The summed E-state index contributed by atoms with van der Waals surface area (Å²) in [5.74, 6) is -1.03. The molecule has 1 saturated heterocycles. The Morgan fingerprint density at radius 3 is 2.81 bits per heavy atom. The molecular formula is C13H13ClN2O4S. The van der Waals surface area contributed by atoms with Crippen molar-refractivity contribution in [2.75, 3.05) is 6.54 Å². The van der Waals surface area contributed by atoms with E-state index in [1.165, 1.54) is 22.5 Å². The SMILES string of the molecule is N#Cc1ccc(S(=O)(=O)N2CCCC2CC(=O)O)c(Cl)c1. The maximum absolute atomic E-state index is 12.6. The van der Waals surface area contributed by atoms with Crippen molar-refractivity contribution in [3.63, 3.8) is 0 Å². The van der Waals surface area contributed by atoms with Crippen LogP contribution in [0.1, 0.15) is 24.8 Å². The van der Waals surface area contributed by atoms with E-state index >= 15 is 0 Å². The van der Waals surface area contributed by atoms with Crippen LogP contribution in [-0.2, 0) is 14.8 Å². The Morgan fingerprint density at radius 1 is 1.52 bits per heavy atom. The van der Waals surface area contributed by atoms with Crippen LogP contribution in [0.25, 0.3) is 0 Å². The molecule has 1 heterocycles. The smallest absolute Gasteiger partial charge is 0.304 e. The summed E-state index contributed by atoms with van der Waals surface area (Å²) in [6.07, 6.45) is 0.900. The normalized spacial score (nSPS) is 19.3. The van der Waals surface area contributed by atoms with Gasteiger partial charge >= 0.3 is 5.97 Å². The molecule has 0 aliphatic carbocycles. The number of carboxylic acid groups (broad SMARTS) is 1. The zero-order valence-corrected chi connectivity index (χ0v) is 12.6. The second-order valence-electron chi connectivity index (χ2n) is 4.77. The van der Waals surface area contributed by atoms with Crippen molar-refractivity contribution in [2.45, 2.75) is 30.2 Å². The van der Waals surface area contributed by atoms with Crippen molar-refractivity contribution in [2.24, 2.45) is 0 Å². The third kappa shape index (κ3) is 3.18. The lowest BCUT2D eigenvalue weighted by Crippen LogP contribution is -2.36. The third-order valence-corrected chi connectivity index (χ3v) is 5.82. The fourth-order valence-electron chi connectivity index (χ4n) is 2.44. The number of halogens is 1. The summed E-state index contributed by atoms with van der Waals surface area (Å²) >= 11 is 5.95. The molecule has 0 bridgehead atoms. The van der Waals surface area contributed by atoms with Crippen LogP contribution >= 0.6 is 11.6 Å². The maximum atomic E-state index is 12.6. The molecule has 0 aromatic heterocycles. The first kappa shape index (κ1) is 15.8. The molecule has 1 atom stereocenters. The minimum atomic E-state index is -3.86. The molecule has 1 aromatic carbocycles. The Labute approximate surface area is 127 Å². The standard InChI is InChI=1S/C13H13ClN2O4S/c14-11-6-9(8-15)3-4-12(11)21(19,20)16-5-1-2-10(16)7-13(17)18/h3-4,6,10H,1-2,5,7H2,(H,17,18). The molecule has 0 saturated carbocycles. The lowest BCUT2D eigenvalue weighted by atomic mass is 10.2. The van der Waals surface area contributed by atoms with Crippen molar-refractivity contribution in [1.29, 1.82) is 5.26 Å². The van der Waals surface area contributed by atoms with E-state index in [9.17, 15) is 13.2 Å². The van der Waals surface area contributed by atoms with Gasteiger partial charge in [-0.25, -0.2) is 8.42 Å². The van der Waals surface area contributed by atoms with Crippen molar-refractivity contribution in [3.05, 3.63) is 28.8 Å². The summed E-state index contributed by atoms with van der Waals surface area (Å²) in [6.45, 7) is 0.274. The van der Waals surface area contributed by atoms with Crippen molar-refractivity contribution in [3.8, 4) is 6.07 Å². The number of hydrogen-bond acceptors (Lipinski definition) is 4. The first-order valence-corrected chi connectivity index (χ1v) is 8.11. The van der Waals surface area contributed by atoms with Gasteiger partial charge in [0.15, 0.2) is 0 Å². The largest absolute Gasteiger partial charge is 0.481 e. The van der Waals surface area contributed by atoms with Crippen LogP contribution in [0.2, 0.25) is 5.02 Å². The molecule has 1 unspecified atom stereocenters. The minimum absolute atomic E-state index is 0.0324. The van der Waals surface area contributed by atoms with Gasteiger partial charge in [0.05, 0.1) is 23.1 Å². The molecule has 112 valence electrons. The van der Waals surface area contributed by atoms with E-state index in [-0.39, 0.29) is 28.4 Å². The Morgan fingerprint density at radius 2 is 2.24 bits per heavy atom. The van der Waals surface area contributed by atoms with E-state index in [1.54, 1.807) is 0 Å². The summed E-state index contributed by atoms with van der Waals surface area (Å²) in [5.41, 5.74) is 0.266. The summed E-state index contributed by atoms with van der Waals surface area (Å²) in [4.78, 5) is 10.7. The molecular weight excluding hydrogens is 316 g/mol. The Kier molecular flexibility index (Phi) is 4.52. The number of aliphatic carboxylic acids is 1. The van der Waals surface area contributed by atoms with Crippen LogP contribution in [0.15, 0.2) is 23.1 Å². The van der Waals surface area contributed by atoms with Gasteiger partial charge in [0, 0.05) is 12.6 Å². The number of rotatable bonds is 4. The van der Waals surface area contributed by atoms with E-state index in [1.807, 2.05) is 6.07 Å². The first-order valence-electron chi connectivity index (χ1n) is 6.29. The average Bonchev–Trinajstić information content (AvgIpc) is 2.86. The monoisotopic (exact) mass is 328 g/mol. The molecule has 0 radical (unpaired) electrons. The molecule has 1 aromatic rings.